The maximum absolute atomic E-state index is 5.94. The van der Waals surface area contributed by atoms with Crippen molar-refractivity contribution in [3.63, 3.8) is 0 Å². The second-order valence-corrected chi connectivity index (χ2v) is 4.30. The SMILES string of the molecule is Cc1cnccc1Oc1ccc(N)c2ncccc12. The lowest BCUT2D eigenvalue weighted by Gasteiger charge is -2.11. The van der Waals surface area contributed by atoms with E-state index in [9.17, 15) is 0 Å². The zero-order valence-corrected chi connectivity index (χ0v) is 10.5. The van der Waals surface area contributed by atoms with Crippen LogP contribution in [-0.4, -0.2) is 9.97 Å². The largest absolute Gasteiger partial charge is 0.456 e. The summed E-state index contributed by atoms with van der Waals surface area (Å²) in [6.45, 7) is 1.96. The number of aryl methyl sites for hydroxylation is 1. The minimum absolute atomic E-state index is 0.648. The van der Waals surface area contributed by atoms with Crippen molar-refractivity contribution in [3.8, 4) is 11.5 Å². The number of hydrogen-bond acceptors (Lipinski definition) is 4. The fourth-order valence-corrected chi connectivity index (χ4v) is 1.95. The molecule has 0 saturated carbocycles. The van der Waals surface area contributed by atoms with Crippen molar-refractivity contribution in [3.05, 3.63) is 54.5 Å². The van der Waals surface area contributed by atoms with Crippen LogP contribution in [0.2, 0.25) is 0 Å². The zero-order chi connectivity index (χ0) is 13.2. The summed E-state index contributed by atoms with van der Waals surface area (Å²) in [6.07, 6.45) is 5.20. The van der Waals surface area contributed by atoms with E-state index in [0.29, 0.717) is 5.69 Å². The normalized spacial score (nSPS) is 10.6. The Balaban J connectivity index is 2.12. The molecule has 4 nitrogen and oxygen atoms in total. The molecule has 0 atom stereocenters. The molecule has 3 rings (SSSR count). The van der Waals surface area contributed by atoms with Crippen LogP contribution < -0.4 is 10.5 Å². The number of nitrogen functional groups attached to an aromatic ring is 1. The predicted molar refractivity (Wildman–Crippen MR) is 75.2 cm³/mol. The number of nitrogens with zero attached hydrogens (tertiary/aromatic N) is 2. The van der Waals surface area contributed by atoms with Gasteiger partial charge in [0, 0.05) is 29.5 Å². The van der Waals surface area contributed by atoms with Crippen molar-refractivity contribution in [1.29, 1.82) is 0 Å². The Hall–Kier alpha value is -2.62. The van der Waals surface area contributed by atoms with Crippen molar-refractivity contribution in [2.75, 3.05) is 5.73 Å². The third kappa shape index (κ3) is 2.08. The second-order valence-electron chi connectivity index (χ2n) is 4.30. The van der Waals surface area contributed by atoms with Gasteiger partial charge in [-0.1, -0.05) is 0 Å². The lowest BCUT2D eigenvalue weighted by atomic mass is 10.1. The summed E-state index contributed by atoms with van der Waals surface area (Å²) in [7, 11) is 0. The van der Waals surface area contributed by atoms with Crippen molar-refractivity contribution >= 4 is 16.6 Å². The molecule has 0 aliphatic carbocycles. The molecule has 3 aromatic rings. The number of benzene rings is 1. The van der Waals surface area contributed by atoms with E-state index in [4.69, 9.17) is 10.5 Å². The highest BCUT2D eigenvalue weighted by Crippen LogP contribution is 2.32. The summed E-state index contributed by atoms with van der Waals surface area (Å²) in [5.74, 6) is 1.52. The van der Waals surface area contributed by atoms with Crippen LogP contribution in [0.15, 0.2) is 48.9 Å². The number of nitrogens with two attached hydrogens (primary N) is 1. The van der Waals surface area contributed by atoms with Gasteiger partial charge in [0.25, 0.3) is 0 Å². The van der Waals surface area contributed by atoms with E-state index in [-0.39, 0.29) is 0 Å². The monoisotopic (exact) mass is 251 g/mol. The smallest absolute Gasteiger partial charge is 0.136 e. The van der Waals surface area contributed by atoms with Gasteiger partial charge in [-0.2, -0.15) is 0 Å². The fourth-order valence-electron chi connectivity index (χ4n) is 1.95. The average molecular weight is 251 g/mol. The molecule has 0 spiro atoms. The van der Waals surface area contributed by atoms with Crippen molar-refractivity contribution < 1.29 is 4.74 Å². The quantitative estimate of drug-likeness (QED) is 0.710. The number of hydrogen-bond donors (Lipinski definition) is 1. The number of anilines is 1. The minimum atomic E-state index is 0.648. The molecular weight excluding hydrogens is 238 g/mol. The van der Waals surface area contributed by atoms with Gasteiger partial charge in [-0.05, 0) is 37.3 Å². The molecule has 94 valence electrons. The molecule has 0 radical (unpaired) electrons. The van der Waals surface area contributed by atoms with Gasteiger partial charge in [0.2, 0.25) is 0 Å². The van der Waals surface area contributed by atoms with Gasteiger partial charge in [-0.3, -0.25) is 9.97 Å². The molecule has 0 unspecified atom stereocenters. The minimum Gasteiger partial charge on any atom is -0.456 e. The first kappa shape index (κ1) is 11.5. The van der Waals surface area contributed by atoms with Gasteiger partial charge >= 0.3 is 0 Å². The molecule has 0 amide bonds. The molecule has 2 N–H and O–H groups in total. The summed E-state index contributed by atoms with van der Waals surface area (Å²) in [5.41, 5.74) is 8.31. The molecule has 19 heavy (non-hydrogen) atoms. The summed E-state index contributed by atoms with van der Waals surface area (Å²) >= 11 is 0. The first-order valence-corrected chi connectivity index (χ1v) is 5.97. The number of fused-ring (bicyclic) bond motifs is 1. The predicted octanol–water partition coefficient (Wildman–Crippen LogP) is 3.31. The third-order valence-corrected chi connectivity index (χ3v) is 2.95. The van der Waals surface area contributed by atoms with Crippen LogP contribution in [0.5, 0.6) is 11.5 Å². The Bertz CT molecular complexity index is 740. The van der Waals surface area contributed by atoms with Crippen LogP contribution in [0.25, 0.3) is 10.9 Å². The van der Waals surface area contributed by atoms with E-state index < -0.39 is 0 Å². The number of rotatable bonds is 2. The molecule has 2 heterocycles. The molecule has 0 aliphatic rings. The van der Waals surface area contributed by atoms with Crippen molar-refractivity contribution in [1.82, 2.24) is 9.97 Å². The summed E-state index contributed by atoms with van der Waals surface area (Å²) in [6, 6.07) is 9.33. The van der Waals surface area contributed by atoms with E-state index >= 15 is 0 Å². The van der Waals surface area contributed by atoms with Crippen LogP contribution in [-0.2, 0) is 0 Å². The van der Waals surface area contributed by atoms with Crippen molar-refractivity contribution in [2.24, 2.45) is 0 Å². The Morgan fingerprint density at radius 1 is 1.05 bits per heavy atom. The van der Waals surface area contributed by atoms with E-state index in [1.54, 1.807) is 24.7 Å². The van der Waals surface area contributed by atoms with E-state index in [1.807, 2.05) is 31.2 Å². The van der Waals surface area contributed by atoms with Crippen LogP contribution in [0.3, 0.4) is 0 Å². The Morgan fingerprint density at radius 2 is 1.95 bits per heavy atom. The van der Waals surface area contributed by atoms with Gasteiger partial charge in [0.05, 0.1) is 11.2 Å². The Labute approximate surface area is 110 Å². The lowest BCUT2D eigenvalue weighted by Crippen LogP contribution is -1.93. The zero-order valence-electron chi connectivity index (χ0n) is 10.5. The number of aromatic nitrogens is 2. The van der Waals surface area contributed by atoms with Crippen LogP contribution in [0, 0.1) is 6.92 Å². The average Bonchev–Trinajstić information content (AvgIpc) is 2.44. The molecule has 4 heteroatoms. The first-order chi connectivity index (χ1) is 9.25. The topological polar surface area (TPSA) is 61.0 Å². The number of ether oxygens (including phenoxy) is 1. The molecule has 0 aliphatic heterocycles. The summed E-state index contributed by atoms with van der Waals surface area (Å²) in [4.78, 5) is 8.34. The van der Waals surface area contributed by atoms with Crippen LogP contribution in [0.4, 0.5) is 5.69 Å². The van der Waals surface area contributed by atoms with E-state index in [0.717, 1.165) is 28.0 Å². The van der Waals surface area contributed by atoms with Crippen LogP contribution >= 0.6 is 0 Å². The maximum atomic E-state index is 5.94. The molecular formula is C15H13N3O. The first-order valence-electron chi connectivity index (χ1n) is 5.97. The summed E-state index contributed by atoms with van der Waals surface area (Å²) in [5, 5.41) is 0.902. The third-order valence-electron chi connectivity index (χ3n) is 2.95. The Morgan fingerprint density at radius 3 is 2.79 bits per heavy atom. The summed E-state index contributed by atoms with van der Waals surface area (Å²) < 4.78 is 5.94. The maximum Gasteiger partial charge on any atom is 0.136 e. The molecule has 2 aromatic heterocycles. The number of pyridine rings is 2. The molecule has 0 saturated heterocycles. The van der Waals surface area contributed by atoms with E-state index in [2.05, 4.69) is 9.97 Å². The fraction of sp³-hybridized carbons (Fsp3) is 0.0667. The van der Waals surface area contributed by atoms with Gasteiger partial charge in [0.15, 0.2) is 0 Å². The van der Waals surface area contributed by atoms with Gasteiger partial charge in [-0.25, -0.2) is 0 Å². The molecule has 0 fully saturated rings. The Kier molecular flexibility index (Phi) is 2.76. The highest BCUT2D eigenvalue weighted by atomic mass is 16.5. The second kappa shape index (κ2) is 4.57. The molecule has 1 aromatic carbocycles. The highest BCUT2D eigenvalue weighted by molar-refractivity contribution is 5.93. The lowest BCUT2D eigenvalue weighted by molar-refractivity contribution is 0.483. The van der Waals surface area contributed by atoms with Gasteiger partial charge in [-0.15, -0.1) is 0 Å². The van der Waals surface area contributed by atoms with Gasteiger partial charge in [0.1, 0.15) is 11.5 Å². The molecule has 0 bridgehead atoms. The van der Waals surface area contributed by atoms with Crippen LogP contribution in [0.1, 0.15) is 5.56 Å². The highest BCUT2D eigenvalue weighted by Gasteiger charge is 2.08. The van der Waals surface area contributed by atoms with Crippen molar-refractivity contribution in [2.45, 2.75) is 6.92 Å². The van der Waals surface area contributed by atoms with Gasteiger partial charge < -0.3 is 10.5 Å². The standard InChI is InChI=1S/C15H13N3O/c1-10-9-17-8-6-13(10)19-14-5-4-12(16)15-11(14)3-2-7-18-15/h2-9H,16H2,1H3. The van der Waals surface area contributed by atoms with E-state index in [1.165, 1.54) is 0 Å².